The third-order valence-electron chi connectivity index (χ3n) is 3.34. The van der Waals surface area contributed by atoms with E-state index in [4.69, 9.17) is 9.47 Å². The Bertz CT molecular complexity index is 721. The van der Waals surface area contributed by atoms with Gasteiger partial charge in [-0.25, -0.2) is 4.79 Å². The lowest BCUT2D eigenvalue weighted by Gasteiger charge is -2.08. The number of hydrogen-bond acceptors (Lipinski definition) is 4. The maximum absolute atomic E-state index is 11.3. The second-order valence-corrected chi connectivity index (χ2v) is 4.90. The number of carboxylic acid groups (broad SMARTS) is 1. The van der Waals surface area contributed by atoms with Gasteiger partial charge in [0, 0.05) is 12.0 Å². The van der Waals surface area contributed by atoms with Crippen LogP contribution in [0, 0.1) is 0 Å². The highest BCUT2D eigenvalue weighted by Crippen LogP contribution is 2.34. The van der Waals surface area contributed by atoms with Gasteiger partial charge < -0.3 is 14.6 Å². The van der Waals surface area contributed by atoms with Gasteiger partial charge in [0.2, 0.25) is 0 Å². The molecule has 1 aromatic heterocycles. The van der Waals surface area contributed by atoms with Crippen LogP contribution in [0.25, 0.3) is 11.3 Å². The summed E-state index contributed by atoms with van der Waals surface area (Å²) < 4.78 is 12.6. The molecule has 0 saturated heterocycles. The number of aromatic carboxylic acids is 1. The molecule has 0 aliphatic carbocycles. The van der Waals surface area contributed by atoms with Crippen LogP contribution >= 0.6 is 0 Å². The first kappa shape index (κ1) is 14.2. The molecule has 2 aromatic rings. The van der Waals surface area contributed by atoms with Crippen LogP contribution in [0.4, 0.5) is 0 Å². The van der Waals surface area contributed by atoms with Gasteiger partial charge in [-0.2, -0.15) is 5.10 Å². The molecular weight excluding hydrogens is 284 g/mol. The average molecular weight is 300 g/mol. The van der Waals surface area contributed by atoms with E-state index in [0.29, 0.717) is 37.0 Å². The van der Waals surface area contributed by atoms with Gasteiger partial charge in [0.1, 0.15) is 5.69 Å². The zero-order valence-corrected chi connectivity index (χ0v) is 12.0. The lowest BCUT2D eigenvalue weighted by Crippen LogP contribution is -2.08. The van der Waals surface area contributed by atoms with Gasteiger partial charge in [-0.3, -0.25) is 4.68 Å². The Morgan fingerprint density at radius 1 is 1.32 bits per heavy atom. The Morgan fingerprint density at radius 2 is 2.09 bits per heavy atom. The number of allylic oxidation sites excluding steroid dienone is 1. The zero-order valence-electron chi connectivity index (χ0n) is 12.0. The molecule has 2 heterocycles. The molecule has 1 aliphatic heterocycles. The van der Waals surface area contributed by atoms with E-state index in [1.807, 2.05) is 18.2 Å². The zero-order chi connectivity index (χ0) is 15.5. The first-order valence-corrected chi connectivity index (χ1v) is 7.01. The van der Waals surface area contributed by atoms with E-state index < -0.39 is 5.97 Å². The van der Waals surface area contributed by atoms with Crippen molar-refractivity contribution in [2.24, 2.45) is 0 Å². The molecule has 114 valence electrons. The Balaban J connectivity index is 2.00. The van der Waals surface area contributed by atoms with Gasteiger partial charge in [-0.1, -0.05) is 6.08 Å². The number of hydrogen-bond donors (Lipinski definition) is 1. The number of aromatic nitrogens is 2. The molecule has 1 aromatic carbocycles. The largest absolute Gasteiger partial charge is 0.490 e. The van der Waals surface area contributed by atoms with Crippen molar-refractivity contribution in [2.75, 3.05) is 13.2 Å². The summed E-state index contributed by atoms with van der Waals surface area (Å²) in [5.41, 5.74) is 1.49. The van der Waals surface area contributed by atoms with Crippen molar-refractivity contribution >= 4 is 5.97 Å². The summed E-state index contributed by atoms with van der Waals surface area (Å²) in [6.07, 6.45) is 2.44. The Labute approximate surface area is 127 Å². The summed E-state index contributed by atoms with van der Waals surface area (Å²) in [4.78, 5) is 11.3. The predicted molar refractivity (Wildman–Crippen MR) is 80.4 cm³/mol. The van der Waals surface area contributed by atoms with Gasteiger partial charge >= 0.3 is 5.97 Å². The summed E-state index contributed by atoms with van der Waals surface area (Å²) >= 11 is 0. The van der Waals surface area contributed by atoms with Crippen LogP contribution in [0.5, 0.6) is 11.5 Å². The van der Waals surface area contributed by atoms with Gasteiger partial charge in [0.25, 0.3) is 0 Å². The predicted octanol–water partition coefficient (Wildman–Crippen LogP) is 2.60. The van der Waals surface area contributed by atoms with Gasteiger partial charge in [0.05, 0.1) is 25.5 Å². The quantitative estimate of drug-likeness (QED) is 0.879. The standard InChI is InChI=1S/C16H16N2O4/c1-2-6-18-13(16(19)20)10-12(17-18)11-4-5-14-15(9-11)22-8-3-7-21-14/h2,4-5,9-10H,1,3,6-8H2,(H,19,20). The molecular formula is C16H16N2O4. The fourth-order valence-corrected chi connectivity index (χ4v) is 2.31. The second kappa shape index (κ2) is 5.93. The average Bonchev–Trinajstić information content (AvgIpc) is 2.78. The fourth-order valence-electron chi connectivity index (χ4n) is 2.31. The molecule has 0 unspecified atom stereocenters. The minimum atomic E-state index is -1.02. The maximum Gasteiger partial charge on any atom is 0.354 e. The summed E-state index contributed by atoms with van der Waals surface area (Å²) in [5, 5.41) is 13.6. The molecule has 6 heteroatoms. The molecule has 0 spiro atoms. The minimum Gasteiger partial charge on any atom is -0.490 e. The highest BCUT2D eigenvalue weighted by atomic mass is 16.5. The van der Waals surface area contributed by atoms with Crippen molar-refractivity contribution < 1.29 is 19.4 Å². The van der Waals surface area contributed by atoms with Crippen molar-refractivity contribution in [1.29, 1.82) is 0 Å². The molecule has 0 radical (unpaired) electrons. The first-order chi connectivity index (χ1) is 10.7. The molecule has 0 amide bonds. The van der Waals surface area contributed by atoms with E-state index in [9.17, 15) is 9.90 Å². The van der Waals surface area contributed by atoms with Crippen molar-refractivity contribution in [3.05, 3.63) is 42.6 Å². The SMILES string of the molecule is C=CCn1nc(-c2ccc3c(c2)OCCCO3)cc1C(=O)O. The van der Waals surface area contributed by atoms with Crippen LogP contribution in [0.15, 0.2) is 36.9 Å². The number of carboxylic acids is 1. The van der Waals surface area contributed by atoms with Crippen LogP contribution in [-0.4, -0.2) is 34.1 Å². The summed E-state index contributed by atoms with van der Waals surface area (Å²) in [7, 11) is 0. The van der Waals surface area contributed by atoms with Crippen LogP contribution in [0.1, 0.15) is 16.9 Å². The number of ether oxygens (including phenoxy) is 2. The van der Waals surface area contributed by atoms with Gasteiger partial charge in [-0.15, -0.1) is 6.58 Å². The van der Waals surface area contributed by atoms with Crippen molar-refractivity contribution in [3.63, 3.8) is 0 Å². The highest BCUT2D eigenvalue weighted by molar-refractivity contribution is 5.87. The number of benzene rings is 1. The lowest BCUT2D eigenvalue weighted by atomic mass is 10.1. The topological polar surface area (TPSA) is 73.6 Å². The molecule has 0 fully saturated rings. The third-order valence-corrected chi connectivity index (χ3v) is 3.34. The normalized spacial score (nSPS) is 13.5. The Morgan fingerprint density at radius 3 is 2.82 bits per heavy atom. The van der Waals surface area contributed by atoms with Gasteiger partial charge in [-0.05, 0) is 24.3 Å². The maximum atomic E-state index is 11.3. The smallest absolute Gasteiger partial charge is 0.354 e. The number of fused-ring (bicyclic) bond motifs is 1. The molecule has 1 aliphatic rings. The fraction of sp³-hybridized carbons (Fsp3) is 0.250. The van der Waals surface area contributed by atoms with E-state index in [1.54, 1.807) is 12.1 Å². The van der Waals surface area contributed by atoms with E-state index in [2.05, 4.69) is 11.7 Å². The van der Waals surface area contributed by atoms with Crippen LogP contribution < -0.4 is 9.47 Å². The Hall–Kier alpha value is -2.76. The minimum absolute atomic E-state index is 0.127. The summed E-state index contributed by atoms with van der Waals surface area (Å²) in [6.45, 7) is 5.18. The molecule has 3 rings (SSSR count). The van der Waals surface area contributed by atoms with Gasteiger partial charge in [0.15, 0.2) is 11.5 Å². The summed E-state index contributed by atoms with van der Waals surface area (Å²) in [5.74, 6) is 0.338. The van der Waals surface area contributed by atoms with Crippen molar-refractivity contribution in [2.45, 2.75) is 13.0 Å². The number of carbonyl (C=O) groups is 1. The first-order valence-electron chi connectivity index (χ1n) is 7.01. The van der Waals surface area contributed by atoms with E-state index in [-0.39, 0.29) is 5.69 Å². The van der Waals surface area contributed by atoms with Crippen LogP contribution in [-0.2, 0) is 6.54 Å². The molecule has 0 atom stereocenters. The molecule has 6 nitrogen and oxygen atoms in total. The molecule has 1 N–H and O–H groups in total. The molecule has 22 heavy (non-hydrogen) atoms. The second-order valence-electron chi connectivity index (χ2n) is 4.90. The van der Waals surface area contributed by atoms with E-state index in [0.717, 1.165) is 12.0 Å². The number of rotatable bonds is 4. The van der Waals surface area contributed by atoms with Crippen molar-refractivity contribution in [3.8, 4) is 22.8 Å². The van der Waals surface area contributed by atoms with Crippen LogP contribution in [0.3, 0.4) is 0 Å². The molecule has 0 saturated carbocycles. The van der Waals surface area contributed by atoms with Crippen molar-refractivity contribution in [1.82, 2.24) is 9.78 Å². The lowest BCUT2D eigenvalue weighted by molar-refractivity contribution is 0.0684. The highest BCUT2D eigenvalue weighted by Gasteiger charge is 2.17. The Kier molecular flexibility index (Phi) is 3.82. The number of nitrogens with zero attached hydrogens (tertiary/aromatic N) is 2. The van der Waals surface area contributed by atoms with E-state index >= 15 is 0 Å². The van der Waals surface area contributed by atoms with E-state index in [1.165, 1.54) is 4.68 Å². The summed E-state index contributed by atoms with van der Waals surface area (Å²) in [6, 6.07) is 7.04. The molecule has 0 bridgehead atoms. The van der Waals surface area contributed by atoms with Crippen LogP contribution in [0.2, 0.25) is 0 Å². The monoisotopic (exact) mass is 300 g/mol. The third kappa shape index (κ3) is 2.67.